The summed E-state index contributed by atoms with van der Waals surface area (Å²) in [6.45, 7) is 9.18. The molecule has 2 aromatic rings. The van der Waals surface area contributed by atoms with Crippen molar-refractivity contribution >= 4 is 24.2 Å². The number of hydrogen-bond donors (Lipinski definition) is 1. The zero-order valence-electron chi connectivity index (χ0n) is 23.4. The fourth-order valence-corrected chi connectivity index (χ4v) is 5.32. The maximum Gasteiger partial charge on any atom is 0.276 e. The maximum absolute atomic E-state index is 14.2. The van der Waals surface area contributed by atoms with Crippen LogP contribution in [0.25, 0.3) is 5.69 Å². The lowest BCUT2D eigenvalue weighted by Crippen LogP contribution is -2.56. The smallest absolute Gasteiger partial charge is 0.276 e. The lowest BCUT2D eigenvalue weighted by molar-refractivity contribution is -0.140. The highest BCUT2D eigenvalue weighted by Crippen LogP contribution is 2.24. The Labute approximate surface area is 237 Å². The molecule has 2 atom stereocenters. The number of nitrogens with one attached hydrogen (secondary N) is 1. The second kappa shape index (κ2) is 15.3. The standard InChI is InChI=1S/C28H42N6O4.ClH/c1-21(2)20-33(24-17-22(18-29-19-24)27(35)32-12-15-38-16-13-32)28(36)26-25(11-7-8-14-37-3)34(31-30-26)23-9-5-4-6-10-23;/h4-6,9-10,21-22,24,29H,7-8,11-20H2,1-3H3;1H/t22-,24+;/m1./s1. The first-order valence-electron chi connectivity index (χ1n) is 13.9. The zero-order valence-corrected chi connectivity index (χ0v) is 24.2. The van der Waals surface area contributed by atoms with Crippen molar-refractivity contribution in [2.45, 2.75) is 45.6 Å². The van der Waals surface area contributed by atoms with E-state index in [-0.39, 0.29) is 42.1 Å². The number of carbonyl (C=O) groups is 2. The van der Waals surface area contributed by atoms with Gasteiger partial charge in [0, 0.05) is 52.5 Å². The highest BCUT2D eigenvalue weighted by Gasteiger charge is 2.37. The number of amides is 2. The van der Waals surface area contributed by atoms with Gasteiger partial charge in [-0.05, 0) is 43.7 Å². The first-order chi connectivity index (χ1) is 18.5. The number of rotatable bonds is 11. The molecule has 2 aliphatic rings. The lowest BCUT2D eigenvalue weighted by Gasteiger charge is -2.40. The van der Waals surface area contributed by atoms with Crippen molar-refractivity contribution in [3.8, 4) is 5.69 Å². The number of hydrogen-bond acceptors (Lipinski definition) is 7. The Hall–Kier alpha value is -2.53. The number of methoxy groups -OCH3 is 1. The number of ether oxygens (including phenoxy) is 2. The van der Waals surface area contributed by atoms with Crippen LogP contribution in [0.2, 0.25) is 0 Å². The molecule has 11 heteroatoms. The van der Waals surface area contributed by atoms with Crippen LogP contribution in [0.15, 0.2) is 30.3 Å². The summed E-state index contributed by atoms with van der Waals surface area (Å²) in [6.07, 6.45) is 3.05. The summed E-state index contributed by atoms with van der Waals surface area (Å²) in [5.41, 5.74) is 2.09. The summed E-state index contributed by atoms with van der Waals surface area (Å²) in [7, 11) is 1.70. The Bertz CT molecular complexity index is 1040. The molecule has 1 N–H and O–H groups in total. The number of unbranched alkanes of at least 4 members (excludes halogenated alkanes) is 1. The van der Waals surface area contributed by atoms with Gasteiger partial charge >= 0.3 is 0 Å². The van der Waals surface area contributed by atoms with Gasteiger partial charge in [0.1, 0.15) is 0 Å². The van der Waals surface area contributed by atoms with Crippen LogP contribution in [0.4, 0.5) is 0 Å². The molecule has 0 radical (unpaired) electrons. The van der Waals surface area contributed by atoms with Crippen LogP contribution in [-0.2, 0) is 20.7 Å². The van der Waals surface area contributed by atoms with Crippen molar-refractivity contribution in [1.29, 1.82) is 0 Å². The molecule has 2 amide bonds. The van der Waals surface area contributed by atoms with E-state index in [1.54, 1.807) is 11.8 Å². The normalized spacial score (nSPS) is 19.5. The quantitative estimate of drug-likeness (QED) is 0.420. The number of benzene rings is 1. The molecular formula is C28H43ClN6O4. The largest absolute Gasteiger partial charge is 0.385 e. The maximum atomic E-state index is 14.2. The van der Waals surface area contributed by atoms with Gasteiger partial charge in [0.15, 0.2) is 5.69 Å². The molecule has 2 fully saturated rings. The first-order valence-corrected chi connectivity index (χ1v) is 13.9. The minimum absolute atomic E-state index is 0. The third kappa shape index (κ3) is 8.00. The molecule has 0 bridgehead atoms. The van der Waals surface area contributed by atoms with E-state index < -0.39 is 0 Å². The van der Waals surface area contributed by atoms with E-state index in [1.165, 1.54) is 0 Å². The van der Waals surface area contributed by atoms with E-state index in [1.807, 2.05) is 40.1 Å². The van der Waals surface area contributed by atoms with Crippen LogP contribution in [0.1, 0.15) is 49.3 Å². The van der Waals surface area contributed by atoms with Gasteiger partial charge in [-0.25, -0.2) is 4.68 Å². The van der Waals surface area contributed by atoms with E-state index >= 15 is 0 Å². The van der Waals surface area contributed by atoms with Gasteiger partial charge in [-0.2, -0.15) is 0 Å². The van der Waals surface area contributed by atoms with Crippen LogP contribution in [0.5, 0.6) is 0 Å². The van der Waals surface area contributed by atoms with Crippen molar-refractivity contribution in [3.05, 3.63) is 41.7 Å². The van der Waals surface area contributed by atoms with Gasteiger partial charge in [-0.1, -0.05) is 37.3 Å². The number of morpholine rings is 1. The highest BCUT2D eigenvalue weighted by atomic mass is 35.5. The van der Waals surface area contributed by atoms with Crippen molar-refractivity contribution < 1.29 is 19.1 Å². The summed E-state index contributed by atoms with van der Waals surface area (Å²) < 4.78 is 12.4. The van der Waals surface area contributed by atoms with Gasteiger partial charge in [0.25, 0.3) is 5.91 Å². The molecule has 10 nitrogen and oxygen atoms in total. The summed E-state index contributed by atoms with van der Waals surface area (Å²) in [4.78, 5) is 31.2. The van der Waals surface area contributed by atoms with E-state index in [0.717, 1.165) is 24.2 Å². The molecule has 4 rings (SSSR count). The molecule has 1 aromatic heterocycles. The second-order valence-electron chi connectivity index (χ2n) is 10.6. The Balaban J connectivity index is 0.00000420. The molecule has 0 unspecified atom stereocenters. The number of halogens is 1. The fourth-order valence-electron chi connectivity index (χ4n) is 5.32. The van der Waals surface area contributed by atoms with E-state index in [4.69, 9.17) is 9.47 Å². The summed E-state index contributed by atoms with van der Waals surface area (Å²) >= 11 is 0. The predicted octanol–water partition coefficient (Wildman–Crippen LogP) is 2.59. The van der Waals surface area contributed by atoms with Gasteiger partial charge in [-0.15, -0.1) is 17.5 Å². The Kier molecular flexibility index (Phi) is 12.2. The highest BCUT2D eigenvalue weighted by molar-refractivity contribution is 5.94. The number of para-hydroxylation sites is 1. The number of carbonyl (C=O) groups excluding carboxylic acids is 2. The van der Waals surface area contributed by atoms with E-state index in [0.29, 0.717) is 71.1 Å². The molecule has 3 heterocycles. The van der Waals surface area contributed by atoms with Crippen molar-refractivity contribution in [3.63, 3.8) is 0 Å². The predicted molar refractivity (Wildman–Crippen MR) is 151 cm³/mol. The summed E-state index contributed by atoms with van der Waals surface area (Å²) in [6, 6.07) is 9.72. The molecule has 2 saturated heterocycles. The fraction of sp³-hybridized carbons (Fsp3) is 0.643. The third-order valence-electron chi connectivity index (χ3n) is 7.24. The molecule has 216 valence electrons. The molecule has 0 aliphatic carbocycles. The number of aromatic nitrogens is 3. The van der Waals surface area contributed by atoms with E-state index in [9.17, 15) is 9.59 Å². The molecule has 1 aromatic carbocycles. The number of piperidine rings is 1. The topological polar surface area (TPSA) is 102 Å². The number of nitrogens with zero attached hydrogens (tertiary/aromatic N) is 5. The van der Waals surface area contributed by atoms with Crippen LogP contribution in [0.3, 0.4) is 0 Å². The van der Waals surface area contributed by atoms with Gasteiger partial charge in [0.2, 0.25) is 5.91 Å². The molecule has 2 aliphatic heterocycles. The molecule has 0 spiro atoms. The van der Waals surface area contributed by atoms with Crippen molar-refractivity contribution in [1.82, 2.24) is 30.1 Å². The van der Waals surface area contributed by atoms with Crippen LogP contribution < -0.4 is 5.32 Å². The monoisotopic (exact) mass is 562 g/mol. The Morgan fingerprint density at radius 1 is 1.15 bits per heavy atom. The van der Waals surface area contributed by atoms with Gasteiger partial charge in [0.05, 0.1) is 30.5 Å². The average Bonchev–Trinajstić information content (AvgIpc) is 3.38. The van der Waals surface area contributed by atoms with Crippen molar-refractivity contribution in [2.75, 3.05) is 59.7 Å². The summed E-state index contributed by atoms with van der Waals surface area (Å²) in [5, 5.41) is 12.3. The Morgan fingerprint density at radius 2 is 1.90 bits per heavy atom. The van der Waals surface area contributed by atoms with Gasteiger partial charge < -0.3 is 24.6 Å². The Morgan fingerprint density at radius 3 is 2.59 bits per heavy atom. The average molecular weight is 563 g/mol. The lowest BCUT2D eigenvalue weighted by atomic mass is 9.92. The van der Waals surface area contributed by atoms with Crippen LogP contribution in [0, 0.1) is 11.8 Å². The minimum atomic E-state index is -0.164. The zero-order chi connectivity index (χ0) is 26.9. The first kappa shape index (κ1) is 31.0. The SMILES string of the molecule is COCCCCc1c(C(=O)N(CC(C)C)[C@@H]2CNC[C@H](C(=O)N3CCOCC3)C2)nnn1-c1ccccc1.Cl. The third-order valence-corrected chi connectivity index (χ3v) is 7.24. The van der Waals surface area contributed by atoms with Crippen LogP contribution in [-0.4, -0.2) is 102 Å². The van der Waals surface area contributed by atoms with Crippen LogP contribution >= 0.6 is 12.4 Å². The minimum Gasteiger partial charge on any atom is -0.385 e. The molecule has 0 saturated carbocycles. The molecular weight excluding hydrogens is 520 g/mol. The summed E-state index contributed by atoms with van der Waals surface area (Å²) in [5.74, 6) is 0.136. The van der Waals surface area contributed by atoms with Gasteiger partial charge in [-0.3, -0.25) is 9.59 Å². The van der Waals surface area contributed by atoms with Crippen molar-refractivity contribution in [2.24, 2.45) is 11.8 Å². The second-order valence-corrected chi connectivity index (χ2v) is 10.6. The molecule has 39 heavy (non-hydrogen) atoms. The van der Waals surface area contributed by atoms with E-state index in [2.05, 4.69) is 29.5 Å².